The van der Waals surface area contributed by atoms with Crippen LogP contribution in [0.5, 0.6) is 0 Å². The van der Waals surface area contributed by atoms with Gasteiger partial charge in [0.25, 0.3) is 0 Å². The van der Waals surface area contributed by atoms with Crippen LogP contribution in [0.3, 0.4) is 0 Å². The number of sulfonamides is 1. The molecule has 0 aromatic heterocycles. The van der Waals surface area contributed by atoms with Crippen LogP contribution in [0.2, 0.25) is 0 Å². The molecule has 0 bridgehead atoms. The molecule has 1 rings (SSSR count). The first-order valence-electron chi connectivity index (χ1n) is 7.10. The molecule has 0 fully saturated rings. The molecule has 0 unspecified atom stereocenters. The van der Waals surface area contributed by atoms with Crippen molar-refractivity contribution in [3.8, 4) is 11.8 Å². The van der Waals surface area contributed by atoms with E-state index in [1.54, 1.807) is 24.3 Å². The smallest absolute Gasteiger partial charge is 0.241 e. The molecule has 0 aliphatic carbocycles. The number of aliphatic hydroxyl groups excluding tert-OH is 1. The van der Waals surface area contributed by atoms with Gasteiger partial charge < -0.3 is 5.11 Å². The third-order valence-electron chi connectivity index (χ3n) is 3.58. The number of rotatable bonds is 6. The lowest BCUT2D eigenvalue weighted by molar-refractivity contribution is 0.305. The topological polar surface area (TPSA) is 66.4 Å². The summed E-state index contributed by atoms with van der Waals surface area (Å²) in [4.78, 5) is 0.239. The number of benzene rings is 1. The molecule has 0 amide bonds. The van der Waals surface area contributed by atoms with Crippen LogP contribution in [-0.2, 0) is 10.0 Å². The van der Waals surface area contributed by atoms with E-state index in [1.165, 1.54) is 0 Å². The zero-order chi connectivity index (χ0) is 15.9. The molecule has 0 saturated carbocycles. The van der Waals surface area contributed by atoms with Gasteiger partial charge in [-0.3, -0.25) is 0 Å². The second kappa shape index (κ2) is 7.60. The molecular formula is C16H23NO3S. The van der Waals surface area contributed by atoms with Crippen molar-refractivity contribution in [2.24, 2.45) is 0 Å². The van der Waals surface area contributed by atoms with Gasteiger partial charge in [0.1, 0.15) is 0 Å². The average molecular weight is 309 g/mol. The highest BCUT2D eigenvalue weighted by Gasteiger charge is 2.27. The molecule has 5 heteroatoms. The Labute approximate surface area is 127 Å². The zero-order valence-electron chi connectivity index (χ0n) is 12.8. The average Bonchev–Trinajstić information content (AvgIpc) is 2.47. The quantitative estimate of drug-likeness (QED) is 0.792. The van der Waals surface area contributed by atoms with Crippen molar-refractivity contribution in [3.63, 3.8) is 0 Å². The molecule has 2 N–H and O–H groups in total. The van der Waals surface area contributed by atoms with Crippen LogP contribution in [0.4, 0.5) is 0 Å². The van der Waals surface area contributed by atoms with E-state index in [0.717, 1.165) is 18.4 Å². The summed E-state index contributed by atoms with van der Waals surface area (Å²) < 4.78 is 27.5. The summed E-state index contributed by atoms with van der Waals surface area (Å²) in [5.41, 5.74) is 0.300. The first-order chi connectivity index (χ1) is 9.87. The lowest BCUT2D eigenvalue weighted by Gasteiger charge is -2.27. The Bertz CT molecular complexity index is 605. The minimum atomic E-state index is -3.52. The predicted molar refractivity (Wildman–Crippen MR) is 84.3 cm³/mol. The van der Waals surface area contributed by atoms with Gasteiger partial charge >= 0.3 is 0 Å². The second-order valence-electron chi connectivity index (χ2n) is 5.17. The van der Waals surface area contributed by atoms with E-state index in [9.17, 15) is 8.42 Å². The highest BCUT2D eigenvalue weighted by Crippen LogP contribution is 2.19. The van der Waals surface area contributed by atoms with Gasteiger partial charge in [-0.2, -0.15) is 0 Å². The minimum absolute atomic E-state index is 0.0238. The summed E-state index contributed by atoms with van der Waals surface area (Å²) >= 11 is 0. The largest absolute Gasteiger partial charge is 0.395 e. The first kappa shape index (κ1) is 17.7. The van der Waals surface area contributed by atoms with E-state index in [4.69, 9.17) is 5.11 Å². The fourth-order valence-corrected chi connectivity index (χ4v) is 3.27. The van der Waals surface area contributed by atoms with Crippen LogP contribution in [0.15, 0.2) is 29.2 Å². The third-order valence-corrected chi connectivity index (χ3v) is 5.23. The molecule has 4 nitrogen and oxygen atoms in total. The first-order valence-corrected chi connectivity index (χ1v) is 8.59. The van der Waals surface area contributed by atoms with Crippen molar-refractivity contribution < 1.29 is 13.5 Å². The Morgan fingerprint density at radius 1 is 1.19 bits per heavy atom. The molecule has 0 heterocycles. The van der Waals surface area contributed by atoms with Crippen LogP contribution in [0.25, 0.3) is 0 Å². The number of nitrogens with one attached hydrogen (secondary N) is 1. The normalized spacial score (nSPS) is 11.8. The molecule has 0 aliphatic rings. The molecular weight excluding hydrogens is 286 g/mol. The van der Waals surface area contributed by atoms with Gasteiger partial charge in [0.15, 0.2) is 0 Å². The Morgan fingerprint density at radius 2 is 1.76 bits per heavy atom. The van der Waals surface area contributed by atoms with Crippen molar-refractivity contribution in [1.82, 2.24) is 4.72 Å². The van der Waals surface area contributed by atoms with E-state index in [0.29, 0.717) is 6.42 Å². The molecule has 0 spiro atoms. The molecule has 0 saturated heterocycles. The Hall–Kier alpha value is -1.35. The van der Waals surface area contributed by atoms with Gasteiger partial charge in [0, 0.05) is 17.5 Å². The maximum atomic E-state index is 12.4. The monoisotopic (exact) mass is 309 g/mol. The molecule has 21 heavy (non-hydrogen) atoms. The van der Waals surface area contributed by atoms with Crippen LogP contribution < -0.4 is 4.72 Å². The van der Waals surface area contributed by atoms with Crippen molar-refractivity contribution in [2.45, 2.75) is 50.5 Å². The number of aliphatic hydroxyl groups is 1. The van der Waals surface area contributed by atoms with Gasteiger partial charge in [0.05, 0.1) is 11.5 Å². The lowest BCUT2D eigenvalue weighted by Crippen LogP contribution is -2.44. The molecule has 0 atom stereocenters. The molecule has 0 aliphatic heterocycles. The van der Waals surface area contributed by atoms with E-state index in [-0.39, 0.29) is 11.5 Å². The number of hydrogen-bond acceptors (Lipinski definition) is 3. The Morgan fingerprint density at radius 3 is 2.24 bits per heavy atom. The third kappa shape index (κ3) is 5.16. The summed E-state index contributed by atoms with van der Waals surface area (Å²) in [5.74, 6) is 5.67. The Kier molecular flexibility index (Phi) is 6.41. The predicted octanol–water partition coefficient (Wildman–Crippen LogP) is 2.28. The standard InChI is InChI=1S/C16H23NO3S/c1-4-16(3,5-2)17-21(19,20)15-11-9-14(10-12-15)8-6-7-13-18/h9-12,17-18H,4-5,7,13H2,1-3H3. The van der Waals surface area contributed by atoms with Crippen molar-refractivity contribution in [1.29, 1.82) is 0 Å². The molecule has 1 aromatic carbocycles. The summed E-state index contributed by atoms with van der Waals surface area (Å²) in [6.45, 7) is 5.85. The van der Waals surface area contributed by atoms with Crippen molar-refractivity contribution in [3.05, 3.63) is 29.8 Å². The maximum Gasteiger partial charge on any atom is 0.241 e. The summed E-state index contributed by atoms with van der Waals surface area (Å²) in [7, 11) is -3.52. The summed E-state index contributed by atoms with van der Waals surface area (Å²) in [6, 6.07) is 6.45. The van der Waals surface area contributed by atoms with E-state index in [1.807, 2.05) is 20.8 Å². The van der Waals surface area contributed by atoms with Crippen LogP contribution in [-0.4, -0.2) is 25.7 Å². The lowest BCUT2D eigenvalue weighted by atomic mass is 9.98. The minimum Gasteiger partial charge on any atom is -0.395 e. The van der Waals surface area contributed by atoms with E-state index in [2.05, 4.69) is 16.6 Å². The Balaban J connectivity index is 2.93. The highest BCUT2D eigenvalue weighted by atomic mass is 32.2. The van der Waals surface area contributed by atoms with Gasteiger partial charge in [-0.15, -0.1) is 0 Å². The highest BCUT2D eigenvalue weighted by molar-refractivity contribution is 7.89. The van der Waals surface area contributed by atoms with Gasteiger partial charge in [-0.05, 0) is 44.0 Å². The van der Waals surface area contributed by atoms with Crippen molar-refractivity contribution >= 4 is 10.0 Å². The van der Waals surface area contributed by atoms with Crippen LogP contribution >= 0.6 is 0 Å². The van der Waals surface area contributed by atoms with Gasteiger partial charge in [-0.25, -0.2) is 13.1 Å². The fraction of sp³-hybridized carbons (Fsp3) is 0.500. The van der Waals surface area contributed by atoms with Crippen LogP contribution in [0, 0.1) is 11.8 Å². The number of hydrogen-bond donors (Lipinski definition) is 2. The van der Waals surface area contributed by atoms with E-state index < -0.39 is 15.6 Å². The fourth-order valence-electron chi connectivity index (χ4n) is 1.72. The second-order valence-corrected chi connectivity index (χ2v) is 6.86. The molecule has 1 aromatic rings. The van der Waals surface area contributed by atoms with Crippen LogP contribution in [0.1, 0.15) is 45.6 Å². The SMILES string of the molecule is CCC(C)(CC)NS(=O)(=O)c1ccc(C#CCCO)cc1. The van der Waals surface area contributed by atoms with Gasteiger partial charge in [0.2, 0.25) is 10.0 Å². The summed E-state index contributed by atoms with van der Waals surface area (Å²) in [6.07, 6.45) is 1.87. The summed E-state index contributed by atoms with van der Waals surface area (Å²) in [5, 5.41) is 8.66. The molecule has 0 radical (unpaired) electrons. The van der Waals surface area contributed by atoms with E-state index >= 15 is 0 Å². The maximum absolute atomic E-state index is 12.4. The van der Waals surface area contributed by atoms with Gasteiger partial charge in [-0.1, -0.05) is 25.7 Å². The zero-order valence-corrected chi connectivity index (χ0v) is 13.6. The molecule has 116 valence electrons. The van der Waals surface area contributed by atoms with Crippen molar-refractivity contribution in [2.75, 3.05) is 6.61 Å².